The Morgan fingerprint density at radius 3 is 2.50 bits per heavy atom. The number of halogens is 1. The minimum Gasteiger partial charge on any atom is -0.429 e. The second-order valence-electron chi connectivity index (χ2n) is 4.56. The van der Waals surface area contributed by atoms with E-state index < -0.39 is 7.52 Å². The maximum Gasteiger partial charge on any atom is 0.338 e. The largest absolute Gasteiger partial charge is 0.429 e. The van der Waals surface area contributed by atoms with Crippen LogP contribution in [-0.4, -0.2) is 6.66 Å². The molecule has 0 aromatic heterocycles. The van der Waals surface area contributed by atoms with Gasteiger partial charge in [0.05, 0.1) is 0 Å². The molecular formula is C15H17BrNO2P. The van der Waals surface area contributed by atoms with Crippen LogP contribution < -0.4 is 9.61 Å². The summed E-state index contributed by atoms with van der Waals surface area (Å²) in [6.45, 7) is 3.66. The molecule has 0 saturated heterocycles. The molecule has 0 amide bonds. The van der Waals surface area contributed by atoms with Crippen molar-refractivity contribution in [2.75, 3.05) is 11.8 Å². The molecule has 0 fully saturated rings. The molecule has 0 radical (unpaired) electrons. The fourth-order valence-electron chi connectivity index (χ4n) is 1.80. The van der Waals surface area contributed by atoms with Gasteiger partial charge in [-0.25, -0.2) is 0 Å². The van der Waals surface area contributed by atoms with Crippen LogP contribution in [0.15, 0.2) is 53.0 Å². The van der Waals surface area contributed by atoms with E-state index in [4.69, 9.17) is 4.52 Å². The van der Waals surface area contributed by atoms with Gasteiger partial charge in [-0.3, -0.25) is 4.57 Å². The summed E-state index contributed by atoms with van der Waals surface area (Å²) in [5.74, 6) is 0.607. The lowest BCUT2D eigenvalue weighted by Gasteiger charge is -2.17. The van der Waals surface area contributed by atoms with E-state index in [-0.39, 0.29) is 0 Å². The van der Waals surface area contributed by atoms with Crippen molar-refractivity contribution in [1.82, 2.24) is 0 Å². The lowest BCUT2D eigenvalue weighted by atomic mass is 10.2. The summed E-state index contributed by atoms with van der Waals surface area (Å²) in [6, 6.07) is 15.2. The van der Waals surface area contributed by atoms with Crippen molar-refractivity contribution in [3.63, 3.8) is 0 Å². The molecule has 0 saturated carbocycles. The van der Waals surface area contributed by atoms with E-state index >= 15 is 0 Å². The van der Waals surface area contributed by atoms with Crippen molar-refractivity contribution >= 4 is 29.1 Å². The molecule has 0 spiro atoms. The molecule has 1 unspecified atom stereocenters. The summed E-state index contributed by atoms with van der Waals surface area (Å²) in [7, 11) is -2.95. The lowest BCUT2D eigenvalue weighted by Crippen LogP contribution is -2.02. The molecule has 0 heterocycles. The zero-order valence-electron chi connectivity index (χ0n) is 11.5. The zero-order valence-corrected chi connectivity index (χ0v) is 13.9. The first kappa shape index (κ1) is 15.1. The quantitative estimate of drug-likeness (QED) is 0.738. The van der Waals surface area contributed by atoms with Gasteiger partial charge in [-0.2, -0.15) is 0 Å². The van der Waals surface area contributed by atoms with E-state index in [2.05, 4.69) is 27.9 Å². The van der Waals surface area contributed by atoms with E-state index in [9.17, 15) is 4.57 Å². The second-order valence-corrected chi connectivity index (χ2v) is 7.57. The van der Waals surface area contributed by atoms with Gasteiger partial charge in [-0.1, -0.05) is 41.1 Å². The number of anilines is 1. The Hall–Kier alpha value is -1.25. The number of hydrogen-bond acceptors (Lipinski definition) is 2. The van der Waals surface area contributed by atoms with Crippen molar-refractivity contribution in [1.29, 1.82) is 0 Å². The SMILES string of the molecule is CCc1ccc(OP(C)(=O)Nc2cccc(Br)c2)cc1. The molecule has 0 bridgehead atoms. The fourth-order valence-corrected chi connectivity index (χ4v) is 3.38. The smallest absolute Gasteiger partial charge is 0.338 e. The third kappa shape index (κ3) is 4.39. The number of aryl methyl sites for hydroxylation is 1. The highest BCUT2D eigenvalue weighted by Gasteiger charge is 2.17. The number of hydrogen-bond donors (Lipinski definition) is 1. The Labute approximate surface area is 128 Å². The Kier molecular flexibility index (Phi) is 4.90. The summed E-state index contributed by atoms with van der Waals surface area (Å²) < 4.78 is 19.0. The monoisotopic (exact) mass is 353 g/mol. The van der Waals surface area contributed by atoms with Gasteiger partial charge in [0, 0.05) is 16.8 Å². The number of nitrogens with one attached hydrogen (secondary N) is 1. The first-order chi connectivity index (χ1) is 9.48. The summed E-state index contributed by atoms with van der Waals surface area (Å²) in [5.41, 5.74) is 1.98. The molecule has 0 aliphatic carbocycles. The molecule has 2 aromatic rings. The number of rotatable bonds is 5. The standard InChI is InChI=1S/C15H17BrNO2P/c1-3-12-7-9-15(10-8-12)19-20(2,18)17-14-6-4-5-13(16)11-14/h4-11H,3H2,1-2H3,(H,17,18). The second kappa shape index (κ2) is 6.47. The van der Waals surface area contributed by atoms with Crippen molar-refractivity contribution in [3.05, 3.63) is 58.6 Å². The minimum absolute atomic E-state index is 0.607. The van der Waals surface area contributed by atoms with E-state index in [1.54, 1.807) is 6.66 Å². The van der Waals surface area contributed by atoms with E-state index in [1.807, 2.05) is 48.5 Å². The number of benzene rings is 2. The topological polar surface area (TPSA) is 38.3 Å². The van der Waals surface area contributed by atoms with Gasteiger partial charge < -0.3 is 9.61 Å². The molecule has 20 heavy (non-hydrogen) atoms. The molecule has 0 aliphatic rings. The highest BCUT2D eigenvalue weighted by molar-refractivity contribution is 9.10. The first-order valence-corrected chi connectivity index (χ1v) is 9.25. The average molecular weight is 354 g/mol. The molecule has 1 N–H and O–H groups in total. The Balaban J connectivity index is 2.08. The third-order valence-electron chi connectivity index (χ3n) is 2.77. The van der Waals surface area contributed by atoms with Crippen molar-refractivity contribution in [3.8, 4) is 5.75 Å². The van der Waals surface area contributed by atoms with E-state index in [0.29, 0.717) is 5.75 Å². The highest BCUT2D eigenvalue weighted by atomic mass is 79.9. The molecule has 2 rings (SSSR count). The summed E-state index contributed by atoms with van der Waals surface area (Å²) >= 11 is 3.38. The normalized spacial score (nSPS) is 13.6. The van der Waals surface area contributed by atoms with Gasteiger partial charge in [-0.05, 0) is 42.3 Å². The van der Waals surface area contributed by atoms with Gasteiger partial charge in [0.2, 0.25) is 0 Å². The van der Waals surface area contributed by atoms with E-state index in [1.165, 1.54) is 5.56 Å². The van der Waals surface area contributed by atoms with Crippen LogP contribution in [0.4, 0.5) is 5.69 Å². The molecule has 1 atom stereocenters. The van der Waals surface area contributed by atoms with Crippen molar-refractivity contribution in [2.24, 2.45) is 0 Å². The molecule has 2 aromatic carbocycles. The fraction of sp³-hybridized carbons (Fsp3) is 0.200. The van der Waals surface area contributed by atoms with Crippen LogP contribution in [0.3, 0.4) is 0 Å². The Morgan fingerprint density at radius 1 is 1.20 bits per heavy atom. The van der Waals surface area contributed by atoms with Crippen LogP contribution >= 0.6 is 23.4 Å². The molecular weight excluding hydrogens is 337 g/mol. The maximum absolute atomic E-state index is 12.5. The third-order valence-corrected chi connectivity index (χ3v) is 4.48. The maximum atomic E-state index is 12.5. The van der Waals surface area contributed by atoms with Gasteiger partial charge in [-0.15, -0.1) is 0 Å². The lowest BCUT2D eigenvalue weighted by molar-refractivity contribution is 0.493. The molecule has 3 nitrogen and oxygen atoms in total. The van der Waals surface area contributed by atoms with Crippen LogP contribution in [0.25, 0.3) is 0 Å². The Bertz CT molecular complexity index is 628. The highest BCUT2D eigenvalue weighted by Crippen LogP contribution is 2.43. The first-order valence-electron chi connectivity index (χ1n) is 6.38. The van der Waals surface area contributed by atoms with Crippen LogP contribution in [0.2, 0.25) is 0 Å². The van der Waals surface area contributed by atoms with Gasteiger partial charge in [0.15, 0.2) is 0 Å². The zero-order chi connectivity index (χ0) is 14.6. The van der Waals surface area contributed by atoms with Gasteiger partial charge in [0.25, 0.3) is 0 Å². The molecule has 0 aliphatic heterocycles. The van der Waals surface area contributed by atoms with Crippen molar-refractivity contribution < 1.29 is 9.09 Å². The van der Waals surface area contributed by atoms with E-state index in [0.717, 1.165) is 16.6 Å². The molecule has 106 valence electrons. The van der Waals surface area contributed by atoms with Crippen molar-refractivity contribution in [2.45, 2.75) is 13.3 Å². The molecule has 5 heteroatoms. The summed E-state index contributed by atoms with van der Waals surface area (Å²) in [4.78, 5) is 0. The predicted octanol–water partition coefficient (Wildman–Crippen LogP) is 5.33. The average Bonchev–Trinajstić information content (AvgIpc) is 2.38. The predicted molar refractivity (Wildman–Crippen MR) is 87.7 cm³/mol. The van der Waals surface area contributed by atoms with Crippen LogP contribution in [-0.2, 0) is 11.0 Å². The summed E-state index contributed by atoms with van der Waals surface area (Å²) in [5, 5.41) is 2.94. The van der Waals surface area contributed by atoms with Gasteiger partial charge >= 0.3 is 7.52 Å². The minimum atomic E-state index is -2.95. The van der Waals surface area contributed by atoms with Crippen LogP contribution in [0, 0.1) is 0 Å². The van der Waals surface area contributed by atoms with Crippen LogP contribution in [0.1, 0.15) is 12.5 Å². The summed E-state index contributed by atoms with van der Waals surface area (Å²) in [6.07, 6.45) is 0.973. The Morgan fingerprint density at radius 2 is 1.90 bits per heavy atom. The van der Waals surface area contributed by atoms with Crippen LogP contribution in [0.5, 0.6) is 5.75 Å². The van der Waals surface area contributed by atoms with Gasteiger partial charge in [0.1, 0.15) is 5.75 Å².